The predicted octanol–water partition coefficient (Wildman–Crippen LogP) is 1.67. The van der Waals surface area contributed by atoms with Crippen molar-refractivity contribution in [2.75, 3.05) is 19.8 Å². The van der Waals surface area contributed by atoms with Crippen molar-refractivity contribution in [3.05, 3.63) is 24.3 Å². The number of aliphatic hydroxyl groups is 1. The van der Waals surface area contributed by atoms with Crippen LogP contribution >= 0.6 is 0 Å². The molecule has 182 valence electrons. The maximum absolute atomic E-state index is 14.1. The van der Waals surface area contributed by atoms with Crippen LogP contribution in [0.4, 0.5) is 0 Å². The van der Waals surface area contributed by atoms with Gasteiger partial charge in [0.25, 0.3) is 0 Å². The van der Waals surface area contributed by atoms with Crippen LogP contribution in [0.25, 0.3) is 0 Å². The first kappa shape index (κ1) is 24.0. The molecule has 4 aliphatic heterocycles. The highest BCUT2D eigenvalue weighted by Gasteiger charge is 2.76. The molecule has 1 N–H and O–H groups in total. The van der Waals surface area contributed by atoms with Gasteiger partial charge < -0.3 is 24.4 Å². The van der Waals surface area contributed by atoms with Gasteiger partial charge >= 0.3 is 5.97 Å². The number of cyclic esters (lactones) is 1. The zero-order chi connectivity index (χ0) is 24.1. The Labute approximate surface area is 195 Å². The molecular weight excluding hydrogens is 424 g/mol. The lowest BCUT2D eigenvalue weighted by Gasteiger charge is -2.42. The third-order valence-corrected chi connectivity index (χ3v) is 7.81. The summed E-state index contributed by atoms with van der Waals surface area (Å²) in [4.78, 5) is 44.7. The van der Waals surface area contributed by atoms with Crippen LogP contribution in [-0.4, -0.2) is 81.8 Å². The van der Waals surface area contributed by atoms with E-state index in [1.165, 1.54) is 4.90 Å². The lowest BCUT2D eigenvalue weighted by Crippen LogP contribution is -2.60. The Hall–Kier alpha value is -2.19. The molecule has 33 heavy (non-hydrogen) atoms. The number of likely N-dealkylation sites (tertiary alicyclic amines) is 1. The Balaban J connectivity index is 1.95. The van der Waals surface area contributed by atoms with Crippen LogP contribution in [0.5, 0.6) is 0 Å². The van der Waals surface area contributed by atoms with E-state index in [0.717, 1.165) is 0 Å². The van der Waals surface area contributed by atoms with Crippen molar-refractivity contribution in [2.24, 2.45) is 17.8 Å². The molecule has 6 atom stereocenters. The first-order chi connectivity index (χ1) is 15.6. The van der Waals surface area contributed by atoms with Crippen LogP contribution in [-0.2, 0) is 23.9 Å². The first-order valence-electron chi connectivity index (χ1n) is 12.1. The van der Waals surface area contributed by atoms with E-state index in [4.69, 9.17) is 9.47 Å². The standard InChI is InChI=1S/C25H36N2O6/c1-6-24-10-7-8-13-32-23(31)19(24)18-21(29)27(17(14-28)15(2)3)20-22(30)26(16(4)5)12-9-11-25(18,20)33-24/h7,9-11,15-20,28H,6,8,12-14H2,1-5H3/t17-,18-,19-,20?,24+,25-/m0/s1. The number of rotatable bonds is 5. The molecule has 8 heteroatoms. The number of hydrogen-bond donors (Lipinski definition) is 1. The van der Waals surface area contributed by atoms with E-state index in [-0.39, 0.29) is 37.0 Å². The van der Waals surface area contributed by atoms with Crippen LogP contribution in [0.15, 0.2) is 24.3 Å². The SMILES string of the molecule is CC[C@@]12C=CCCOC(=O)[C@@H]1[C@H]1C(=O)N([C@@H](CO)C(C)C)C3C(=O)N(C(C)C)CC=C[C@@]31O2. The molecule has 2 amide bonds. The van der Waals surface area contributed by atoms with Gasteiger partial charge in [0.05, 0.1) is 25.2 Å². The molecule has 0 radical (unpaired) electrons. The molecular formula is C25H36N2O6. The predicted molar refractivity (Wildman–Crippen MR) is 121 cm³/mol. The van der Waals surface area contributed by atoms with E-state index in [0.29, 0.717) is 19.4 Å². The summed E-state index contributed by atoms with van der Waals surface area (Å²) in [5.74, 6) is -2.88. The van der Waals surface area contributed by atoms with Gasteiger partial charge in [0.2, 0.25) is 11.8 Å². The largest absolute Gasteiger partial charge is 0.465 e. The van der Waals surface area contributed by atoms with Gasteiger partial charge in [0.15, 0.2) is 0 Å². The highest BCUT2D eigenvalue weighted by molar-refractivity contribution is 5.99. The number of carbonyl (C=O) groups is 3. The molecule has 4 heterocycles. The Morgan fingerprint density at radius 3 is 2.42 bits per heavy atom. The average Bonchev–Trinajstić information content (AvgIpc) is 3.09. The zero-order valence-electron chi connectivity index (χ0n) is 20.2. The summed E-state index contributed by atoms with van der Waals surface area (Å²) in [5, 5.41) is 10.2. The van der Waals surface area contributed by atoms with Crippen molar-refractivity contribution >= 4 is 17.8 Å². The van der Waals surface area contributed by atoms with E-state index in [2.05, 4.69) is 0 Å². The number of esters is 1. The second-order valence-electron chi connectivity index (χ2n) is 10.2. The quantitative estimate of drug-likeness (QED) is 0.495. The summed E-state index contributed by atoms with van der Waals surface area (Å²) in [6.07, 6.45) is 8.58. The number of nitrogens with zero attached hydrogens (tertiary/aromatic N) is 2. The van der Waals surface area contributed by atoms with Crippen molar-refractivity contribution in [3.63, 3.8) is 0 Å². The first-order valence-corrected chi connectivity index (χ1v) is 12.1. The monoisotopic (exact) mass is 460 g/mol. The summed E-state index contributed by atoms with van der Waals surface area (Å²) >= 11 is 0. The third kappa shape index (κ3) is 3.36. The van der Waals surface area contributed by atoms with E-state index >= 15 is 0 Å². The van der Waals surface area contributed by atoms with Crippen molar-refractivity contribution in [3.8, 4) is 0 Å². The van der Waals surface area contributed by atoms with Gasteiger partial charge in [-0.2, -0.15) is 0 Å². The molecule has 1 spiro atoms. The molecule has 2 saturated heterocycles. The molecule has 0 aliphatic carbocycles. The number of fused-ring (bicyclic) bond motifs is 2. The number of amides is 2. The molecule has 1 unspecified atom stereocenters. The second kappa shape index (κ2) is 8.55. The number of carbonyl (C=O) groups excluding carboxylic acids is 3. The molecule has 0 bridgehead atoms. The molecule has 4 rings (SSSR count). The van der Waals surface area contributed by atoms with Crippen LogP contribution in [0.3, 0.4) is 0 Å². The minimum Gasteiger partial charge on any atom is -0.465 e. The van der Waals surface area contributed by atoms with Crippen LogP contribution in [0.2, 0.25) is 0 Å². The minimum absolute atomic E-state index is 0.0833. The molecule has 8 nitrogen and oxygen atoms in total. The second-order valence-corrected chi connectivity index (χ2v) is 10.2. The summed E-state index contributed by atoms with van der Waals surface area (Å²) in [5.41, 5.74) is -2.35. The molecule has 4 aliphatic rings. The fourth-order valence-corrected chi connectivity index (χ4v) is 6.13. The van der Waals surface area contributed by atoms with E-state index in [1.807, 2.05) is 58.9 Å². The van der Waals surface area contributed by atoms with Crippen molar-refractivity contribution in [2.45, 2.75) is 76.8 Å². The summed E-state index contributed by atoms with van der Waals surface area (Å²) in [6, 6.07) is -1.62. The van der Waals surface area contributed by atoms with Gasteiger partial charge in [-0.25, -0.2) is 0 Å². The highest BCUT2D eigenvalue weighted by Crippen LogP contribution is 2.58. The van der Waals surface area contributed by atoms with Gasteiger partial charge in [-0.05, 0) is 32.6 Å². The van der Waals surface area contributed by atoms with Gasteiger partial charge in [-0.3, -0.25) is 14.4 Å². The van der Waals surface area contributed by atoms with E-state index < -0.39 is 41.1 Å². The highest BCUT2D eigenvalue weighted by atomic mass is 16.6. The van der Waals surface area contributed by atoms with Gasteiger partial charge in [0, 0.05) is 12.6 Å². The molecule has 2 fully saturated rings. The van der Waals surface area contributed by atoms with Crippen LogP contribution in [0, 0.1) is 17.8 Å². The lowest BCUT2D eigenvalue weighted by atomic mass is 9.73. The fraction of sp³-hybridized carbons (Fsp3) is 0.720. The van der Waals surface area contributed by atoms with Crippen molar-refractivity contribution < 1.29 is 29.0 Å². The summed E-state index contributed by atoms with van der Waals surface area (Å²) in [6.45, 7) is 9.98. The number of hydrogen-bond acceptors (Lipinski definition) is 6. The molecule has 0 aromatic heterocycles. The smallest absolute Gasteiger partial charge is 0.313 e. The fourth-order valence-electron chi connectivity index (χ4n) is 6.13. The van der Waals surface area contributed by atoms with Crippen molar-refractivity contribution in [1.29, 1.82) is 0 Å². The molecule has 0 saturated carbocycles. The lowest BCUT2D eigenvalue weighted by molar-refractivity contribution is -0.164. The van der Waals surface area contributed by atoms with Crippen molar-refractivity contribution in [1.82, 2.24) is 9.80 Å². The normalized spacial score (nSPS) is 37.0. The summed E-state index contributed by atoms with van der Waals surface area (Å²) in [7, 11) is 0. The maximum Gasteiger partial charge on any atom is 0.313 e. The van der Waals surface area contributed by atoms with Crippen LogP contribution < -0.4 is 0 Å². The Morgan fingerprint density at radius 1 is 1.09 bits per heavy atom. The number of aliphatic hydroxyl groups excluding tert-OH is 1. The third-order valence-electron chi connectivity index (χ3n) is 7.81. The number of ether oxygens (including phenoxy) is 2. The topological polar surface area (TPSA) is 96.4 Å². The Bertz CT molecular complexity index is 882. The van der Waals surface area contributed by atoms with E-state index in [9.17, 15) is 19.5 Å². The Morgan fingerprint density at radius 2 is 1.82 bits per heavy atom. The maximum atomic E-state index is 14.1. The average molecular weight is 461 g/mol. The van der Waals surface area contributed by atoms with Crippen LogP contribution in [0.1, 0.15) is 47.5 Å². The summed E-state index contributed by atoms with van der Waals surface area (Å²) < 4.78 is 12.3. The van der Waals surface area contributed by atoms with Gasteiger partial charge in [-0.15, -0.1) is 0 Å². The van der Waals surface area contributed by atoms with Gasteiger partial charge in [0.1, 0.15) is 23.2 Å². The molecule has 0 aromatic carbocycles. The van der Waals surface area contributed by atoms with E-state index in [1.54, 1.807) is 4.90 Å². The zero-order valence-corrected chi connectivity index (χ0v) is 20.2. The van der Waals surface area contributed by atoms with Gasteiger partial charge in [-0.1, -0.05) is 45.1 Å². The minimum atomic E-state index is -1.31. The molecule has 0 aromatic rings. The Kier molecular flexibility index (Phi) is 6.20.